The largest absolute Gasteiger partial charge is 0.382 e. The summed E-state index contributed by atoms with van der Waals surface area (Å²) in [6.07, 6.45) is 0. The minimum Gasteiger partial charge on any atom is -0.382 e. The number of nitriles is 1. The highest BCUT2D eigenvalue weighted by molar-refractivity contribution is 5.61. The van der Waals surface area contributed by atoms with Crippen molar-refractivity contribution < 1.29 is 13.7 Å². The molecule has 0 fully saturated rings. The van der Waals surface area contributed by atoms with E-state index in [2.05, 4.69) is 5.32 Å². The van der Waals surface area contributed by atoms with Crippen LogP contribution in [0.15, 0.2) is 36.4 Å². The molecule has 0 aromatic heterocycles. The number of rotatable bonds is 6. The Bertz CT molecular complexity index is 814. The standard InChI is InChI=1S/C17H16F2N4O2/c1-22(2)16(17-13(18)4-3-5-14(17)19)10-21-15-7-6-12(23(24)25)8-11(15)9-20/h3-8,16,21H,10H2,1-2H3. The molecular formula is C17H16F2N4O2. The van der Waals surface area contributed by atoms with Gasteiger partial charge in [-0.1, -0.05) is 6.07 Å². The lowest BCUT2D eigenvalue weighted by molar-refractivity contribution is -0.384. The van der Waals surface area contributed by atoms with Crippen LogP contribution in [0.3, 0.4) is 0 Å². The van der Waals surface area contributed by atoms with E-state index in [1.54, 1.807) is 19.0 Å². The number of nitrogens with zero attached hydrogens (tertiary/aromatic N) is 3. The number of benzene rings is 2. The zero-order valence-corrected chi connectivity index (χ0v) is 13.7. The molecule has 0 aliphatic rings. The first kappa shape index (κ1) is 18.3. The fourth-order valence-corrected chi connectivity index (χ4v) is 2.47. The molecule has 0 heterocycles. The fourth-order valence-electron chi connectivity index (χ4n) is 2.47. The fraction of sp³-hybridized carbons (Fsp3) is 0.235. The number of nitro groups is 1. The van der Waals surface area contributed by atoms with Crippen LogP contribution in [0.4, 0.5) is 20.2 Å². The molecule has 130 valence electrons. The molecule has 0 amide bonds. The molecule has 0 aliphatic carbocycles. The van der Waals surface area contributed by atoms with E-state index in [1.165, 1.54) is 30.3 Å². The molecule has 1 atom stereocenters. The zero-order chi connectivity index (χ0) is 18.6. The Morgan fingerprint density at radius 3 is 2.44 bits per heavy atom. The average molecular weight is 346 g/mol. The zero-order valence-electron chi connectivity index (χ0n) is 13.7. The van der Waals surface area contributed by atoms with Crippen LogP contribution in [-0.4, -0.2) is 30.5 Å². The topological polar surface area (TPSA) is 82.2 Å². The summed E-state index contributed by atoms with van der Waals surface area (Å²) in [6.45, 7) is 0.108. The van der Waals surface area contributed by atoms with Gasteiger partial charge in [-0.3, -0.25) is 10.1 Å². The third-order valence-corrected chi connectivity index (χ3v) is 3.78. The first-order valence-corrected chi connectivity index (χ1v) is 7.38. The lowest BCUT2D eigenvalue weighted by atomic mass is 10.0. The second kappa shape index (κ2) is 7.68. The molecule has 2 aromatic carbocycles. The summed E-state index contributed by atoms with van der Waals surface area (Å²) >= 11 is 0. The predicted molar refractivity (Wildman–Crippen MR) is 89.1 cm³/mol. The Morgan fingerprint density at radius 1 is 1.28 bits per heavy atom. The molecular weight excluding hydrogens is 330 g/mol. The van der Waals surface area contributed by atoms with Crippen molar-refractivity contribution in [2.75, 3.05) is 26.0 Å². The number of likely N-dealkylation sites (N-methyl/N-ethyl adjacent to an activating group) is 1. The van der Waals surface area contributed by atoms with Gasteiger partial charge in [-0.15, -0.1) is 0 Å². The van der Waals surface area contributed by atoms with Crippen LogP contribution < -0.4 is 5.32 Å². The molecule has 25 heavy (non-hydrogen) atoms. The van der Waals surface area contributed by atoms with Crippen molar-refractivity contribution in [3.05, 3.63) is 69.3 Å². The Labute approximate surface area is 143 Å². The second-order valence-electron chi connectivity index (χ2n) is 5.59. The highest BCUT2D eigenvalue weighted by Crippen LogP contribution is 2.27. The highest BCUT2D eigenvalue weighted by atomic mass is 19.1. The summed E-state index contributed by atoms with van der Waals surface area (Å²) in [5, 5.41) is 22.9. The van der Waals surface area contributed by atoms with Crippen molar-refractivity contribution >= 4 is 11.4 Å². The van der Waals surface area contributed by atoms with Gasteiger partial charge in [0.05, 0.1) is 22.2 Å². The molecule has 0 saturated heterocycles. The summed E-state index contributed by atoms with van der Waals surface area (Å²) in [4.78, 5) is 11.8. The normalized spacial score (nSPS) is 11.8. The van der Waals surface area contributed by atoms with Gasteiger partial charge in [-0.2, -0.15) is 5.26 Å². The Balaban J connectivity index is 2.29. The van der Waals surface area contributed by atoms with Crippen LogP contribution in [0.1, 0.15) is 17.2 Å². The van der Waals surface area contributed by atoms with E-state index in [9.17, 15) is 18.9 Å². The van der Waals surface area contributed by atoms with E-state index >= 15 is 0 Å². The Morgan fingerprint density at radius 2 is 1.92 bits per heavy atom. The van der Waals surface area contributed by atoms with Gasteiger partial charge in [0.25, 0.3) is 5.69 Å². The average Bonchev–Trinajstić information content (AvgIpc) is 2.56. The third-order valence-electron chi connectivity index (χ3n) is 3.78. The summed E-state index contributed by atoms with van der Waals surface area (Å²) in [5.74, 6) is -1.32. The van der Waals surface area contributed by atoms with Crippen LogP contribution in [0.5, 0.6) is 0 Å². The molecule has 0 saturated carbocycles. The van der Waals surface area contributed by atoms with Gasteiger partial charge in [0.2, 0.25) is 0 Å². The number of halogens is 2. The summed E-state index contributed by atoms with van der Waals surface area (Å²) in [7, 11) is 3.36. The predicted octanol–water partition coefficient (Wildman–Crippen LogP) is 3.46. The van der Waals surface area contributed by atoms with Gasteiger partial charge < -0.3 is 10.2 Å². The van der Waals surface area contributed by atoms with E-state index < -0.39 is 22.6 Å². The minimum atomic E-state index is -0.662. The third kappa shape index (κ3) is 4.08. The number of nitrogens with one attached hydrogen (secondary N) is 1. The van der Waals surface area contributed by atoms with Crippen LogP contribution >= 0.6 is 0 Å². The van der Waals surface area contributed by atoms with Gasteiger partial charge in [0.15, 0.2) is 0 Å². The van der Waals surface area contributed by atoms with Gasteiger partial charge in [0, 0.05) is 24.2 Å². The molecule has 6 nitrogen and oxygen atoms in total. The molecule has 1 N–H and O–H groups in total. The molecule has 2 aromatic rings. The first-order valence-electron chi connectivity index (χ1n) is 7.38. The molecule has 8 heteroatoms. The van der Waals surface area contributed by atoms with Crippen molar-refractivity contribution in [3.63, 3.8) is 0 Å². The molecule has 0 aliphatic heterocycles. The molecule has 0 radical (unpaired) electrons. The number of anilines is 1. The van der Waals surface area contributed by atoms with E-state index in [-0.39, 0.29) is 23.4 Å². The van der Waals surface area contributed by atoms with Crippen LogP contribution in [0.2, 0.25) is 0 Å². The number of hydrogen-bond donors (Lipinski definition) is 1. The second-order valence-corrected chi connectivity index (χ2v) is 5.59. The molecule has 2 rings (SSSR count). The van der Waals surface area contributed by atoms with Gasteiger partial charge in [-0.05, 0) is 32.3 Å². The number of nitro benzene ring substituents is 1. The van der Waals surface area contributed by atoms with E-state index in [1.807, 2.05) is 6.07 Å². The molecule has 0 spiro atoms. The van der Waals surface area contributed by atoms with Crippen molar-refractivity contribution in [2.45, 2.75) is 6.04 Å². The summed E-state index contributed by atoms with van der Waals surface area (Å²) < 4.78 is 28.1. The van der Waals surface area contributed by atoms with Crippen LogP contribution in [-0.2, 0) is 0 Å². The van der Waals surface area contributed by atoms with Crippen molar-refractivity contribution in [3.8, 4) is 6.07 Å². The van der Waals surface area contributed by atoms with Gasteiger partial charge in [-0.25, -0.2) is 8.78 Å². The lowest BCUT2D eigenvalue weighted by Crippen LogP contribution is -2.28. The first-order chi connectivity index (χ1) is 11.8. The number of non-ortho nitro benzene ring substituents is 1. The summed E-state index contributed by atoms with van der Waals surface area (Å²) in [5.41, 5.74) is 0.157. The van der Waals surface area contributed by atoms with Gasteiger partial charge in [0.1, 0.15) is 17.7 Å². The Kier molecular flexibility index (Phi) is 5.62. The van der Waals surface area contributed by atoms with Crippen molar-refractivity contribution in [2.24, 2.45) is 0 Å². The molecule has 1 unspecified atom stereocenters. The van der Waals surface area contributed by atoms with E-state index in [0.717, 1.165) is 6.07 Å². The highest BCUT2D eigenvalue weighted by Gasteiger charge is 2.22. The minimum absolute atomic E-state index is 0.0829. The van der Waals surface area contributed by atoms with E-state index in [4.69, 9.17) is 5.26 Å². The molecule has 0 bridgehead atoms. The van der Waals surface area contributed by atoms with Crippen molar-refractivity contribution in [1.82, 2.24) is 4.90 Å². The van der Waals surface area contributed by atoms with E-state index in [0.29, 0.717) is 5.69 Å². The summed E-state index contributed by atoms with van der Waals surface area (Å²) in [6, 6.07) is 8.71. The monoisotopic (exact) mass is 346 g/mol. The maximum Gasteiger partial charge on any atom is 0.270 e. The smallest absolute Gasteiger partial charge is 0.270 e. The quantitative estimate of drug-likeness (QED) is 0.640. The Hall–Kier alpha value is -3.05. The maximum atomic E-state index is 14.1. The maximum absolute atomic E-state index is 14.1. The SMILES string of the molecule is CN(C)C(CNc1ccc([N+](=O)[O-])cc1C#N)c1c(F)cccc1F. The van der Waals surface area contributed by atoms with Crippen molar-refractivity contribution in [1.29, 1.82) is 5.26 Å². The number of hydrogen-bond acceptors (Lipinski definition) is 5. The lowest BCUT2D eigenvalue weighted by Gasteiger charge is -2.26. The van der Waals surface area contributed by atoms with Crippen LogP contribution in [0.25, 0.3) is 0 Å². The van der Waals surface area contributed by atoms with Gasteiger partial charge >= 0.3 is 0 Å². The van der Waals surface area contributed by atoms with Crippen LogP contribution in [0, 0.1) is 33.1 Å².